The second kappa shape index (κ2) is 5.19. The van der Waals surface area contributed by atoms with E-state index in [0.29, 0.717) is 16.4 Å². The van der Waals surface area contributed by atoms with Crippen LogP contribution in [-0.2, 0) is 7.05 Å². The Kier molecular flexibility index (Phi) is 3.62. The van der Waals surface area contributed by atoms with E-state index in [9.17, 15) is 4.79 Å². The molecule has 0 aliphatic rings. The number of nitrogens with two attached hydrogens (primary N) is 1. The van der Waals surface area contributed by atoms with Crippen molar-refractivity contribution in [2.24, 2.45) is 12.8 Å². The Bertz CT molecular complexity index is 648. The number of aromatic nitrogens is 2. The van der Waals surface area contributed by atoms with Gasteiger partial charge in [0.2, 0.25) is 0 Å². The zero-order chi connectivity index (χ0) is 14.0. The lowest BCUT2D eigenvalue weighted by Gasteiger charge is -2.09. The van der Waals surface area contributed by atoms with E-state index in [2.05, 4.69) is 10.3 Å². The highest BCUT2D eigenvalue weighted by Crippen LogP contribution is 2.17. The Morgan fingerprint density at radius 2 is 2.21 bits per heavy atom. The van der Waals surface area contributed by atoms with Crippen molar-refractivity contribution >= 4 is 28.8 Å². The molecule has 0 unspecified atom stereocenters. The smallest absolute Gasteiger partial charge is 0.275 e. The van der Waals surface area contributed by atoms with Crippen molar-refractivity contribution in [3.63, 3.8) is 0 Å². The number of thiocarbonyl (C=S) groups is 1. The van der Waals surface area contributed by atoms with Crippen LogP contribution in [0.25, 0.3) is 0 Å². The topological polar surface area (TPSA) is 72.9 Å². The number of rotatable bonds is 3. The number of hydrogen-bond acceptors (Lipinski definition) is 3. The number of aryl methyl sites for hydroxylation is 2. The highest BCUT2D eigenvalue weighted by atomic mass is 32.1. The average Bonchev–Trinajstić information content (AvgIpc) is 2.78. The molecule has 3 N–H and O–H groups in total. The van der Waals surface area contributed by atoms with Gasteiger partial charge in [0.1, 0.15) is 10.7 Å². The number of nitrogens with one attached hydrogen (secondary N) is 1. The lowest BCUT2D eigenvalue weighted by molar-refractivity contribution is 0.102. The van der Waals surface area contributed by atoms with E-state index in [1.54, 1.807) is 23.2 Å². The van der Waals surface area contributed by atoms with Crippen molar-refractivity contribution in [1.29, 1.82) is 0 Å². The molecule has 6 heteroatoms. The molecule has 0 atom stereocenters. The van der Waals surface area contributed by atoms with Gasteiger partial charge in [-0.2, -0.15) is 0 Å². The molecule has 2 aromatic rings. The summed E-state index contributed by atoms with van der Waals surface area (Å²) in [6.45, 7) is 1.90. The third-order valence-electron chi connectivity index (χ3n) is 2.71. The van der Waals surface area contributed by atoms with Crippen molar-refractivity contribution in [2.45, 2.75) is 6.92 Å². The molecule has 1 aromatic carbocycles. The van der Waals surface area contributed by atoms with Gasteiger partial charge < -0.3 is 15.6 Å². The largest absolute Gasteiger partial charge is 0.389 e. The monoisotopic (exact) mass is 274 g/mol. The molecule has 0 radical (unpaired) electrons. The quantitative estimate of drug-likeness (QED) is 0.834. The maximum absolute atomic E-state index is 12.0. The zero-order valence-corrected chi connectivity index (χ0v) is 11.5. The van der Waals surface area contributed by atoms with Gasteiger partial charge in [0.25, 0.3) is 5.91 Å². The fraction of sp³-hybridized carbons (Fsp3) is 0.154. The SMILES string of the molecule is Cc1ccc(C(N)=S)cc1NC(=O)c1cn(C)cn1. The van der Waals surface area contributed by atoms with Gasteiger partial charge in [-0.05, 0) is 18.6 Å². The molecule has 5 nitrogen and oxygen atoms in total. The predicted molar refractivity (Wildman–Crippen MR) is 78.2 cm³/mol. The summed E-state index contributed by atoms with van der Waals surface area (Å²) in [5, 5.41) is 2.81. The van der Waals surface area contributed by atoms with E-state index in [1.165, 1.54) is 0 Å². The van der Waals surface area contributed by atoms with E-state index in [0.717, 1.165) is 11.1 Å². The Morgan fingerprint density at radius 1 is 1.47 bits per heavy atom. The molecule has 19 heavy (non-hydrogen) atoms. The molecule has 98 valence electrons. The number of carbonyl (C=O) groups is 1. The summed E-state index contributed by atoms with van der Waals surface area (Å²) < 4.78 is 1.72. The Morgan fingerprint density at radius 3 is 2.79 bits per heavy atom. The first-order valence-corrected chi connectivity index (χ1v) is 6.08. The van der Waals surface area contributed by atoms with Gasteiger partial charge in [-0.3, -0.25) is 4.79 Å². The summed E-state index contributed by atoms with van der Waals surface area (Å²) in [6.07, 6.45) is 3.23. The van der Waals surface area contributed by atoms with E-state index in [4.69, 9.17) is 18.0 Å². The van der Waals surface area contributed by atoms with E-state index < -0.39 is 0 Å². The molecule has 0 aliphatic carbocycles. The normalized spacial score (nSPS) is 10.2. The van der Waals surface area contributed by atoms with Crippen LogP contribution in [-0.4, -0.2) is 20.4 Å². The van der Waals surface area contributed by atoms with Crippen LogP contribution < -0.4 is 11.1 Å². The number of nitrogens with zero attached hydrogens (tertiary/aromatic N) is 2. The molecular weight excluding hydrogens is 260 g/mol. The molecule has 0 saturated heterocycles. The molecule has 0 bridgehead atoms. The summed E-state index contributed by atoms with van der Waals surface area (Å²) in [4.78, 5) is 16.3. The summed E-state index contributed by atoms with van der Waals surface area (Å²) in [7, 11) is 1.81. The minimum absolute atomic E-state index is 0.260. The molecule has 1 aromatic heterocycles. The van der Waals surface area contributed by atoms with Crippen molar-refractivity contribution < 1.29 is 4.79 Å². The minimum Gasteiger partial charge on any atom is -0.389 e. The molecule has 0 spiro atoms. The third-order valence-corrected chi connectivity index (χ3v) is 2.94. The number of imidazole rings is 1. The van der Waals surface area contributed by atoms with E-state index in [-0.39, 0.29) is 5.91 Å². The highest BCUT2D eigenvalue weighted by Gasteiger charge is 2.11. The van der Waals surface area contributed by atoms with Crippen LogP contribution in [0.4, 0.5) is 5.69 Å². The van der Waals surface area contributed by atoms with Gasteiger partial charge in [-0.1, -0.05) is 24.4 Å². The minimum atomic E-state index is -0.260. The standard InChI is InChI=1S/C13H14N4OS/c1-8-3-4-9(12(14)19)5-10(8)16-13(18)11-6-17(2)7-15-11/h3-7H,1-2H3,(H2,14,19)(H,16,18). The van der Waals surface area contributed by atoms with Crippen molar-refractivity contribution in [2.75, 3.05) is 5.32 Å². The van der Waals surface area contributed by atoms with Crippen LogP contribution in [0.15, 0.2) is 30.7 Å². The zero-order valence-electron chi connectivity index (χ0n) is 10.7. The van der Waals surface area contributed by atoms with Gasteiger partial charge in [0.05, 0.1) is 6.33 Å². The Hall–Kier alpha value is -2.21. The van der Waals surface area contributed by atoms with Crippen LogP contribution in [0.3, 0.4) is 0 Å². The lowest BCUT2D eigenvalue weighted by Crippen LogP contribution is -2.15. The highest BCUT2D eigenvalue weighted by molar-refractivity contribution is 7.80. The second-order valence-corrected chi connectivity index (χ2v) is 4.71. The van der Waals surface area contributed by atoms with Gasteiger partial charge in [0.15, 0.2) is 0 Å². The Labute approximate surface area is 116 Å². The first kappa shape index (κ1) is 13.2. The van der Waals surface area contributed by atoms with Crippen LogP contribution in [0.5, 0.6) is 0 Å². The summed E-state index contributed by atoms with van der Waals surface area (Å²) in [5.41, 5.74) is 8.28. The predicted octanol–water partition coefficient (Wildman–Crippen LogP) is 1.62. The summed E-state index contributed by atoms with van der Waals surface area (Å²) >= 11 is 4.92. The van der Waals surface area contributed by atoms with Gasteiger partial charge >= 0.3 is 0 Å². The first-order chi connectivity index (χ1) is 8.97. The number of benzene rings is 1. The Balaban J connectivity index is 2.25. The van der Waals surface area contributed by atoms with Gasteiger partial charge in [-0.25, -0.2) is 4.98 Å². The van der Waals surface area contributed by atoms with E-state index >= 15 is 0 Å². The van der Waals surface area contributed by atoms with Crippen molar-refractivity contribution in [3.8, 4) is 0 Å². The fourth-order valence-electron chi connectivity index (χ4n) is 1.63. The lowest BCUT2D eigenvalue weighted by atomic mass is 10.1. The maximum Gasteiger partial charge on any atom is 0.275 e. The number of hydrogen-bond donors (Lipinski definition) is 2. The van der Waals surface area contributed by atoms with Crippen LogP contribution in [0.1, 0.15) is 21.6 Å². The fourth-order valence-corrected chi connectivity index (χ4v) is 1.75. The maximum atomic E-state index is 12.0. The van der Waals surface area contributed by atoms with E-state index in [1.807, 2.05) is 26.1 Å². The van der Waals surface area contributed by atoms with Crippen molar-refractivity contribution in [3.05, 3.63) is 47.5 Å². The third kappa shape index (κ3) is 2.97. The molecule has 1 amide bonds. The number of anilines is 1. The molecular formula is C13H14N4OS. The summed E-state index contributed by atoms with van der Waals surface area (Å²) in [6, 6.07) is 5.45. The first-order valence-electron chi connectivity index (χ1n) is 5.67. The van der Waals surface area contributed by atoms with Gasteiger partial charge in [0, 0.05) is 24.5 Å². The average molecular weight is 274 g/mol. The van der Waals surface area contributed by atoms with Crippen LogP contribution in [0.2, 0.25) is 0 Å². The second-order valence-electron chi connectivity index (χ2n) is 4.27. The number of amides is 1. The number of carbonyl (C=O) groups excluding carboxylic acids is 1. The molecule has 1 heterocycles. The summed E-state index contributed by atoms with van der Waals surface area (Å²) in [5.74, 6) is -0.260. The molecule has 0 fully saturated rings. The van der Waals surface area contributed by atoms with Crippen molar-refractivity contribution in [1.82, 2.24) is 9.55 Å². The van der Waals surface area contributed by atoms with Gasteiger partial charge in [-0.15, -0.1) is 0 Å². The molecule has 2 rings (SSSR count). The van der Waals surface area contributed by atoms with Crippen LogP contribution in [0, 0.1) is 6.92 Å². The molecule has 0 aliphatic heterocycles. The molecule has 0 saturated carbocycles. The van der Waals surface area contributed by atoms with Crippen LogP contribution >= 0.6 is 12.2 Å².